The van der Waals surface area contributed by atoms with E-state index in [1.54, 1.807) is 18.2 Å². The van der Waals surface area contributed by atoms with Crippen molar-refractivity contribution in [2.45, 2.75) is 19.4 Å². The van der Waals surface area contributed by atoms with E-state index in [4.69, 9.17) is 19.7 Å². The maximum Gasteiger partial charge on any atom is 0.300 e. The number of carboxylic acids is 1. The fraction of sp³-hybridized carbons (Fsp3) is 0.148. The zero-order valence-electron chi connectivity index (χ0n) is 18.6. The Kier molecular flexibility index (Phi) is 8.13. The number of nitrogens with zero attached hydrogens (tertiary/aromatic N) is 2. The average molecular weight is 443 g/mol. The average Bonchev–Trinajstić information content (AvgIpc) is 3.29. The topological polar surface area (TPSA) is 79.2 Å². The molecule has 1 amide bonds. The van der Waals surface area contributed by atoms with Crippen molar-refractivity contribution in [2.24, 2.45) is 5.10 Å². The van der Waals surface area contributed by atoms with Crippen LogP contribution in [0.15, 0.2) is 96.1 Å². The molecule has 3 aromatic carbocycles. The summed E-state index contributed by atoms with van der Waals surface area (Å²) >= 11 is 0. The van der Waals surface area contributed by atoms with Crippen molar-refractivity contribution in [1.82, 2.24) is 5.01 Å². The zero-order chi connectivity index (χ0) is 23.6. The fourth-order valence-electron chi connectivity index (χ4n) is 3.41. The first-order chi connectivity index (χ1) is 16.0. The van der Waals surface area contributed by atoms with Crippen molar-refractivity contribution in [1.29, 1.82) is 0 Å². The Morgan fingerprint density at radius 2 is 1.55 bits per heavy atom. The van der Waals surface area contributed by atoms with Crippen molar-refractivity contribution in [3.05, 3.63) is 108 Å². The molecule has 168 valence electrons. The number of carbonyl (C=O) groups is 2. The number of amides is 1. The summed E-state index contributed by atoms with van der Waals surface area (Å²) < 4.78 is 5.24. The van der Waals surface area contributed by atoms with Crippen LogP contribution in [-0.4, -0.2) is 34.8 Å². The van der Waals surface area contributed by atoms with Crippen LogP contribution >= 0.6 is 0 Å². The summed E-state index contributed by atoms with van der Waals surface area (Å²) in [7, 11) is 1.65. The first kappa shape index (κ1) is 23.5. The van der Waals surface area contributed by atoms with Gasteiger partial charge in [-0.2, -0.15) is 5.10 Å². The first-order valence-corrected chi connectivity index (χ1v) is 10.5. The van der Waals surface area contributed by atoms with Gasteiger partial charge in [0.15, 0.2) is 0 Å². The molecule has 0 fully saturated rings. The maximum absolute atomic E-state index is 13.0. The highest BCUT2D eigenvalue weighted by Crippen LogP contribution is 2.33. The lowest BCUT2D eigenvalue weighted by molar-refractivity contribution is -0.134. The van der Waals surface area contributed by atoms with E-state index in [9.17, 15) is 4.79 Å². The van der Waals surface area contributed by atoms with Gasteiger partial charge in [-0.1, -0.05) is 60.7 Å². The van der Waals surface area contributed by atoms with Gasteiger partial charge in [-0.15, -0.1) is 0 Å². The molecule has 4 rings (SSSR count). The van der Waals surface area contributed by atoms with E-state index in [-0.39, 0.29) is 11.9 Å². The van der Waals surface area contributed by atoms with Crippen molar-refractivity contribution in [3.63, 3.8) is 0 Å². The molecule has 1 heterocycles. The van der Waals surface area contributed by atoms with E-state index in [1.165, 1.54) is 0 Å². The van der Waals surface area contributed by atoms with E-state index >= 15 is 0 Å². The number of benzene rings is 3. The molecule has 33 heavy (non-hydrogen) atoms. The van der Waals surface area contributed by atoms with E-state index in [2.05, 4.69) is 0 Å². The highest BCUT2D eigenvalue weighted by atomic mass is 16.5. The highest BCUT2D eigenvalue weighted by Gasteiger charge is 2.32. The molecule has 0 saturated carbocycles. The summed E-state index contributed by atoms with van der Waals surface area (Å²) in [6.45, 7) is 1.08. The Morgan fingerprint density at radius 1 is 0.970 bits per heavy atom. The minimum Gasteiger partial charge on any atom is -0.497 e. The van der Waals surface area contributed by atoms with Gasteiger partial charge in [-0.05, 0) is 47.0 Å². The Labute approximate surface area is 193 Å². The number of aliphatic carboxylic acids is 1. The van der Waals surface area contributed by atoms with E-state index in [0.29, 0.717) is 6.42 Å². The number of carbonyl (C=O) groups excluding carboxylic acids is 1. The predicted octanol–water partition coefficient (Wildman–Crippen LogP) is 5.18. The third kappa shape index (κ3) is 6.64. The van der Waals surface area contributed by atoms with E-state index < -0.39 is 5.97 Å². The van der Waals surface area contributed by atoms with Crippen LogP contribution in [0.5, 0.6) is 5.75 Å². The Morgan fingerprint density at radius 3 is 2.12 bits per heavy atom. The van der Waals surface area contributed by atoms with E-state index in [1.807, 2.05) is 91.0 Å². The second kappa shape index (κ2) is 11.4. The summed E-state index contributed by atoms with van der Waals surface area (Å²) in [5.74, 6) is -0.170. The number of carboxylic acid groups (broad SMARTS) is 1. The zero-order valence-corrected chi connectivity index (χ0v) is 18.6. The molecule has 0 radical (unpaired) electrons. The minimum absolute atomic E-state index is 0.124. The van der Waals surface area contributed by atoms with Crippen LogP contribution in [0, 0.1) is 0 Å². The second-order valence-corrected chi connectivity index (χ2v) is 7.35. The number of rotatable bonds is 5. The van der Waals surface area contributed by atoms with Crippen molar-refractivity contribution < 1.29 is 19.4 Å². The summed E-state index contributed by atoms with van der Waals surface area (Å²) in [6.07, 6.45) is 4.08. The number of hydrogen-bond acceptors (Lipinski definition) is 4. The summed E-state index contributed by atoms with van der Waals surface area (Å²) in [6, 6.07) is 27.5. The molecular weight excluding hydrogens is 416 g/mol. The Hall–Kier alpha value is -4.19. The lowest BCUT2D eigenvalue weighted by Gasteiger charge is -2.20. The number of ether oxygens (including phenoxy) is 1. The third-order valence-electron chi connectivity index (χ3n) is 4.96. The quantitative estimate of drug-likeness (QED) is 0.553. The van der Waals surface area contributed by atoms with Crippen molar-refractivity contribution >= 4 is 23.7 Å². The van der Waals surface area contributed by atoms with Crippen LogP contribution in [0.3, 0.4) is 0 Å². The number of hydrazone groups is 1. The van der Waals surface area contributed by atoms with Crippen LogP contribution in [0.2, 0.25) is 0 Å². The van der Waals surface area contributed by atoms with Gasteiger partial charge in [0.05, 0.1) is 18.9 Å². The maximum atomic E-state index is 13.0. The van der Waals surface area contributed by atoms with Gasteiger partial charge >= 0.3 is 0 Å². The lowest BCUT2D eigenvalue weighted by Crippen LogP contribution is -2.25. The number of hydrogen-bond donors (Lipinski definition) is 1. The highest BCUT2D eigenvalue weighted by molar-refractivity contribution is 6.04. The normalized spacial score (nSPS) is 14.9. The summed E-state index contributed by atoms with van der Waals surface area (Å²) in [5, 5.41) is 13.7. The summed E-state index contributed by atoms with van der Waals surface area (Å²) in [5.41, 5.74) is 3.94. The Bertz CT molecular complexity index is 1120. The van der Waals surface area contributed by atoms with Gasteiger partial charge in [0.2, 0.25) is 0 Å². The molecule has 1 N–H and O–H groups in total. The molecule has 0 aromatic heterocycles. The smallest absolute Gasteiger partial charge is 0.300 e. The second-order valence-electron chi connectivity index (χ2n) is 7.35. The van der Waals surface area contributed by atoms with Crippen LogP contribution in [0.4, 0.5) is 0 Å². The van der Waals surface area contributed by atoms with Crippen molar-refractivity contribution in [2.75, 3.05) is 7.11 Å². The molecular formula is C27H26N2O4. The lowest BCUT2D eigenvalue weighted by atomic mass is 9.98. The molecule has 1 aliphatic rings. The van der Waals surface area contributed by atoms with Gasteiger partial charge in [-0.25, -0.2) is 5.01 Å². The molecule has 1 unspecified atom stereocenters. The first-order valence-electron chi connectivity index (χ1n) is 10.5. The molecule has 0 saturated heterocycles. The van der Waals surface area contributed by atoms with Gasteiger partial charge in [0.25, 0.3) is 11.9 Å². The summed E-state index contributed by atoms with van der Waals surface area (Å²) in [4.78, 5) is 22.0. The van der Waals surface area contributed by atoms with Crippen LogP contribution in [0.1, 0.15) is 36.1 Å². The Balaban J connectivity index is 0.000000709. The molecule has 3 aromatic rings. The van der Waals surface area contributed by atoms with Gasteiger partial charge in [0, 0.05) is 19.4 Å². The van der Waals surface area contributed by atoms with Gasteiger partial charge in [0.1, 0.15) is 5.75 Å². The fourth-order valence-corrected chi connectivity index (χ4v) is 3.41. The molecule has 1 atom stereocenters. The monoisotopic (exact) mass is 442 g/mol. The van der Waals surface area contributed by atoms with Crippen LogP contribution < -0.4 is 4.74 Å². The predicted molar refractivity (Wildman–Crippen MR) is 129 cm³/mol. The molecule has 0 aliphatic carbocycles. The standard InChI is InChI=1S/C25H22N2O2.C2H4O2/c1-29-22-15-13-20(14-16-22)23-18-24(21-10-6-3-7-11-21)27(26-23)25(28)17-12-19-8-4-2-5-9-19;1-2(3)4/h2-17,24H,18H2,1H3;1H3,(H,3,4). The molecule has 6 heteroatoms. The molecule has 6 nitrogen and oxygen atoms in total. The van der Waals surface area contributed by atoms with E-state index in [0.717, 1.165) is 35.1 Å². The third-order valence-corrected chi connectivity index (χ3v) is 4.96. The van der Waals surface area contributed by atoms with Crippen LogP contribution in [0.25, 0.3) is 6.08 Å². The minimum atomic E-state index is -0.833. The van der Waals surface area contributed by atoms with Gasteiger partial charge < -0.3 is 9.84 Å². The SMILES string of the molecule is CC(=O)O.COc1ccc(C2=NN(C(=O)C=Cc3ccccc3)C(c3ccccc3)C2)cc1. The van der Waals surface area contributed by atoms with Crippen LogP contribution in [-0.2, 0) is 9.59 Å². The molecule has 1 aliphatic heterocycles. The molecule has 0 bridgehead atoms. The van der Waals surface area contributed by atoms with Crippen molar-refractivity contribution in [3.8, 4) is 5.75 Å². The largest absolute Gasteiger partial charge is 0.497 e. The number of methoxy groups -OCH3 is 1. The van der Waals surface area contributed by atoms with Gasteiger partial charge in [-0.3, -0.25) is 9.59 Å². The molecule has 0 spiro atoms.